The summed E-state index contributed by atoms with van der Waals surface area (Å²) >= 11 is 0. The first-order valence-electron chi connectivity index (χ1n) is 7.38. The second kappa shape index (κ2) is 4.38. The molecule has 0 spiro atoms. The maximum Gasteiger partial charge on any atom is 0.330 e. The van der Waals surface area contributed by atoms with E-state index in [1.165, 1.54) is 17.7 Å². The molecule has 1 heterocycles. The van der Waals surface area contributed by atoms with Gasteiger partial charge in [-0.1, -0.05) is 24.3 Å². The second-order valence-electron chi connectivity index (χ2n) is 6.16. The largest absolute Gasteiger partial charge is 0.330 e. The molecule has 0 bridgehead atoms. The van der Waals surface area contributed by atoms with Crippen LogP contribution in [0.1, 0.15) is 32.3 Å². The Labute approximate surface area is 131 Å². The van der Waals surface area contributed by atoms with E-state index in [9.17, 15) is 19.2 Å². The zero-order valence-electron chi connectivity index (χ0n) is 12.6. The van der Waals surface area contributed by atoms with Gasteiger partial charge in [-0.25, -0.2) is 4.79 Å². The maximum atomic E-state index is 12.6. The molecule has 0 saturated heterocycles. The van der Waals surface area contributed by atoms with Crippen LogP contribution in [0, 0.1) is 11.8 Å². The SMILES string of the molecule is Cn1c(C2[C@H]3C(=O)c4ccccc4C(=O)[C@@H]23)cc(=O)n(C)c1=O. The number of carbonyl (C=O) groups is 2. The molecule has 116 valence electrons. The van der Waals surface area contributed by atoms with Gasteiger partial charge in [0, 0.05) is 54.7 Å². The van der Waals surface area contributed by atoms with Gasteiger partial charge < -0.3 is 4.57 Å². The molecule has 1 aromatic heterocycles. The van der Waals surface area contributed by atoms with Crippen LogP contribution in [0.5, 0.6) is 0 Å². The number of Topliss-reactive ketones (excluding diaryl/α,β-unsaturated/α-hetero) is 2. The Morgan fingerprint density at radius 3 is 1.83 bits per heavy atom. The molecule has 2 aliphatic carbocycles. The van der Waals surface area contributed by atoms with E-state index in [0.717, 1.165) is 4.57 Å². The number of nitrogens with zero attached hydrogens (tertiary/aromatic N) is 2. The van der Waals surface area contributed by atoms with Crippen LogP contribution in [0.2, 0.25) is 0 Å². The predicted molar refractivity (Wildman–Crippen MR) is 81.7 cm³/mol. The van der Waals surface area contributed by atoms with Crippen molar-refractivity contribution in [2.24, 2.45) is 25.9 Å². The van der Waals surface area contributed by atoms with Gasteiger partial charge >= 0.3 is 5.69 Å². The summed E-state index contributed by atoms with van der Waals surface area (Å²) < 4.78 is 2.36. The minimum Gasteiger partial charge on any atom is -0.300 e. The van der Waals surface area contributed by atoms with E-state index in [1.54, 1.807) is 31.3 Å². The number of hydrogen-bond acceptors (Lipinski definition) is 4. The summed E-state index contributed by atoms with van der Waals surface area (Å²) in [5.41, 5.74) is 0.463. The van der Waals surface area contributed by atoms with Crippen LogP contribution >= 0.6 is 0 Å². The van der Waals surface area contributed by atoms with Crippen LogP contribution < -0.4 is 11.2 Å². The molecule has 1 unspecified atom stereocenters. The molecule has 1 fully saturated rings. The van der Waals surface area contributed by atoms with E-state index >= 15 is 0 Å². The van der Waals surface area contributed by atoms with E-state index in [-0.39, 0.29) is 11.6 Å². The number of fused-ring (bicyclic) bond motifs is 2. The highest BCUT2D eigenvalue weighted by Crippen LogP contribution is 2.58. The minimum atomic E-state index is -0.463. The fourth-order valence-corrected chi connectivity index (χ4v) is 3.67. The van der Waals surface area contributed by atoms with Gasteiger partial charge in [-0.05, 0) is 0 Å². The van der Waals surface area contributed by atoms with Crippen molar-refractivity contribution in [2.75, 3.05) is 0 Å². The van der Waals surface area contributed by atoms with Gasteiger partial charge in [-0.15, -0.1) is 0 Å². The lowest BCUT2D eigenvalue weighted by molar-refractivity contribution is 0.0878. The highest BCUT2D eigenvalue weighted by molar-refractivity contribution is 6.19. The van der Waals surface area contributed by atoms with E-state index in [1.807, 2.05) is 0 Å². The summed E-state index contributed by atoms with van der Waals surface area (Å²) in [5, 5.41) is 0. The molecule has 2 aromatic rings. The van der Waals surface area contributed by atoms with Crippen molar-refractivity contribution in [1.82, 2.24) is 9.13 Å². The molecule has 0 aliphatic heterocycles. The van der Waals surface area contributed by atoms with Gasteiger partial charge in [-0.3, -0.25) is 19.0 Å². The van der Waals surface area contributed by atoms with Gasteiger partial charge in [0.2, 0.25) is 0 Å². The second-order valence-corrected chi connectivity index (χ2v) is 6.16. The Balaban J connectivity index is 1.86. The lowest BCUT2D eigenvalue weighted by Crippen LogP contribution is -2.38. The summed E-state index contributed by atoms with van der Waals surface area (Å²) in [7, 11) is 2.96. The van der Waals surface area contributed by atoms with Gasteiger partial charge in [0.15, 0.2) is 11.6 Å². The summed E-state index contributed by atoms with van der Waals surface area (Å²) in [5.74, 6) is -1.48. The Kier molecular flexibility index (Phi) is 2.64. The number of rotatable bonds is 1. The highest BCUT2D eigenvalue weighted by Gasteiger charge is 2.63. The van der Waals surface area contributed by atoms with Crippen LogP contribution in [-0.2, 0) is 14.1 Å². The molecule has 4 rings (SSSR count). The van der Waals surface area contributed by atoms with Crippen molar-refractivity contribution in [2.45, 2.75) is 5.92 Å². The van der Waals surface area contributed by atoms with E-state index in [4.69, 9.17) is 0 Å². The first-order chi connectivity index (χ1) is 10.9. The van der Waals surface area contributed by atoms with Crippen LogP contribution in [0.3, 0.4) is 0 Å². The van der Waals surface area contributed by atoms with E-state index < -0.39 is 29.0 Å². The Morgan fingerprint density at radius 1 is 0.783 bits per heavy atom. The average molecular weight is 310 g/mol. The standard InChI is InChI=1S/C17H14N2O4/c1-18-10(7-11(20)19(2)17(18)23)12-13-14(12)16(22)9-6-4-3-5-8(9)15(13)21/h3-7,12-14H,1-2H3/t12?,13-,14+. The molecule has 1 aromatic carbocycles. The van der Waals surface area contributed by atoms with Crippen LogP contribution in [0.15, 0.2) is 39.9 Å². The summed E-state index contributed by atoms with van der Waals surface area (Å²) in [6.07, 6.45) is 0. The summed E-state index contributed by atoms with van der Waals surface area (Å²) in [4.78, 5) is 49.2. The first kappa shape index (κ1) is 13.9. The normalized spacial score (nSPS) is 25.0. The zero-order valence-corrected chi connectivity index (χ0v) is 12.6. The molecule has 23 heavy (non-hydrogen) atoms. The lowest BCUT2D eigenvalue weighted by atomic mass is 9.90. The molecule has 1 saturated carbocycles. The maximum absolute atomic E-state index is 12.6. The molecule has 3 atom stereocenters. The molecule has 0 amide bonds. The van der Waals surface area contributed by atoms with Gasteiger partial charge in [-0.2, -0.15) is 0 Å². The number of hydrogen-bond donors (Lipinski definition) is 0. The highest BCUT2D eigenvalue weighted by atomic mass is 16.2. The van der Waals surface area contributed by atoms with Gasteiger partial charge in [0.25, 0.3) is 5.56 Å². The minimum absolute atomic E-state index is 0.0803. The number of ketones is 2. The topological polar surface area (TPSA) is 78.1 Å². The van der Waals surface area contributed by atoms with Crippen LogP contribution in [0.4, 0.5) is 0 Å². The Hall–Kier alpha value is -2.76. The third-order valence-corrected chi connectivity index (χ3v) is 4.99. The Bertz CT molecular complexity index is 957. The molecular weight excluding hydrogens is 296 g/mol. The number of benzene rings is 1. The zero-order chi connectivity index (χ0) is 16.5. The predicted octanol–water partition coefficient (Wildman–Crippen LogP) is 0.493. The van der Waals surface area contributed by atoms with Crippen molar-refractivity contribution in [3.8, 4) is 0 Å². The number of carbonyl (C=O) groups excluding carboxylic acids is 2. The fraction of sp³-hybridized carbons (Fsp3) is 0.294. The molecule has 0 radical (unpaired) electrons. The molecule has 6 nitrogen and oxygen atoms in total. The van der Waals surface area contributed by atoms with Crippen molar-refractivity contribution >= 4 is 11.6 Å². The quantitative estimate of drug-likeness (QED) is 0.768. The van der Waals surface area contributed by atoms with Crippen molar-refractivity contribution in [1.29, 1.82) is 0 Å². The Morgan fingerprint density at radius 2 is 1.30 bits per heavy atom. The molecule has 6 heteroatoms. The molecular formula is C17H14N2O4. The van der Waals surface area contributed by atoms with Crippen molar-refractivity contribution < 1.29 is 9.59 Å². The van der Waals surface area contributed by atoms with Crippen molar-refractivity contribution in [3.63, 3.8) is 0 Å². The van der Waals surface area contributed by atoms with E-state index in [0.29, 0.717) is 16.8 Å². The third kappa shape index (κ3) is 1.69. The number of aromatic nitrogens is 2. The molecule has 0 N–H and O–H groups in total. The van der Waals surface area contributed by atoms with Crippen molar-refractivity contribution in [3.05, 3.63) is 68.0 Å². The average Bonchev–Trinajstić information content (AvgIpc) is 3.30. The third-order valence-electron chi connectivity index (χ3n) is 4.99. The lowest BCUT2D eigenvalue weighted by Gasteiger charge is -2.11. The van der Waals surface area contributed by atoms with Crippen LogP contribution in [0.25, 0.3) is 0 Å². The fourth-order valence-electron chi connectivity index (χ4n) is 3.67. The smallest absolute Gasteiger partial charge is 0.300 e. The monoisotopic (exact) mass is 310 g/mol. The molecule has 2 aliphatic rings. The summed E-state index contributed by atoms with van der Waals surface area (Å²) in [6, 6.07) is 8.13. The first-order valence-corrected chi connectivity index (χ1v) is 7.38. The van der Waals surface area contributed by atoms with Gasteiger partial charge in [0.05, 0.1) is 0 Å². The van der Waals surface area contributed by atoms with Crippen LogP contribution in [-0.4, -0.2) is 20.7 Å². The summed E-state index contributed by atoms with van der Waals surface area (Å²) in [6.45, 7) is 0. The van der Waals surface area contributed by atoms with Gasteiger partial charge in [0.1, 0.15) is 0 Å². The van der Waals surface area contributed by atoms with E-state index in [2.05, 4.69) is 0 Å².